The lowest BCUT2D eigenvalue weighted by Crippen LogP contribution is -2.29. The fourth-order valence-corrected chi connectivity index (χ4v) is 3.68. The van der Waals surface area contributed by atoms with Gasteiger partial charge in [0.15, 0.2) is 0 Å². The molecule has 2 aromatic carbocycles. The van der Waals surface area contributed by atoms with Crippen LogP contribution in [0.25, 0.3) is 0 Å². The van der Waals surface area contributed by atoms with Crippen LogP contribution in [0.4, 0.5) is 21.9 Å². The molecule has 1 atom stereocenters. The molecular formula is C20H19ClN4O3. The van der Waals surface area contributed by atoms with Gasteiger partial charge in [-0.15, -0.1) is 0 Å². The van der Waals surface area contributed by atoms with E-state index in [0.29, 0.717) is 36.0 Å². The van der Waals surface area contributed by atoms with E-state index in [0.717, 1.165) is 5.69 Å². The largest absolute Gasteiger partial charge is 0.336 e. The van der Waals surface area contributed by atoms with Crippen molar-refractivity contribution in [1.29, 1.82) is 0 Å². The SMILES string of the molecule is O=C(Nc1cccc(N2CCNC2=O)c1)C1CC(=O)N(c2cccc(Cl)c2)C1. The van der Waals surface area contributed by atoms with Crippen LogP contribution < -0.4 is 20.4 Å². The molecule has 0 aromatic heterocycles. The summed E-state index contributed by atoms with van der Waals surface area (Å²) in [5.74, 6) is -0.781. The summed E-state index contributed by atoms with van der Waals surface area (Å²) in [6.45, 7) is 1.49. The molecule has 7 nitrogen and oxygen atoms in total. The molecule has 8 heteroatoms. The van der Waals surface area contributed by atoms with Gasteiger partial charge in [-0.05, 0) is 36.4 Å². The van der Waals surface area contributed by atoms with Crippen LogP contribution in [-0.4, -0.2) is 37.5 Å². The van der Waals surface area contributed by atoms with Gasteiger partial charge in [0.05, 0.1) is 5.92 Å². The predicted octanol–water partition coefficient (Wildman–Crippen LogP) is 2.86. The number of anilines is 3. The van der Waals surface area contributed by atoms with E-state index >= 15 is 0 Å². The molecule has 2 heterocycles. The van der Waals surface area contributed by atoms with Gasteiger partial charge >= 0.3 is 6.03 Å². The van der Waals surface area contributed by atoms with Crippen molar-refractivity contribution in [2.24, 2.45) is 5.92 Å². The Morgan fingerprint density at radius 2 is 1.82 bits per heavy atom. The van der Waals surface area contributed by atoms with Crippen molar-refractivity contribution in [2.45, 2.75) is 6.42 Å². The van der Waals surface area contributed by atoms with Crippen molar-refractivity contribution in [3.63, 3.8) is 0 Å². The quantitative estimate of drug-likeness (QED) is 0.830. The van der Waals surface area contributed by atoms with Gasteiger partial charge in [-0.25, -0.2) is 4.79 Å². The minimum absolute atomic E-state index is 0.107. The van der Waals surface area contributed by atoms with Crippen molar-refractivity contribution >= 4 is 46.5 Å². The molecule has 28 heavy (non-hydrogen) atoms. The lowest BCUT2D eigenvalue weighted by Gasteiger charge is -2.18. The summed E-state index contributed by atoms with van der Waals surface area (Å²) in [4.78, 5) is 40.1. The third kappa shape index (κ3) is 3.66. The first-order chi connectivity index (χ1) is 13.5. The number of nitrogens with zero attached hydrogens (tertiary/aromatic N) is 2. The second-order valence-corrected chi connectivity index (χ2v) is 7.24. The van der Waals surface area contributed by atoms with E-state index in [1.54, 1.807) is 52.3 Å². The molecule has 144 valence electrons. The van der Waals surface area contributed by atoms with E-state index in [9.17, 15) is 14.4 Å². The number of benzene rings is 2. The fraction of sp³-hybridized carbons (Fsp3) is 0.250. The molecule has 2 saturated heterocycles. The van der Waals surface area contributed by atoms with E-state index in [1.807, 2.05) is 6.07 Å². The molecule has 1 unspecified atom stereocenters. The molecule has 2 aliphatic rings. The first-order valence-electron chi connectivity index (χ1n) is 9.03. The Morgan fingerprint density at radius 1 is 1.07 bits per heavy atom. The third-order valence-electron chi connectivity index (χ3n) is 4.90. The molecule has 0 spiro atoms. The van der Waals surface area contributed by atoms with Crippen LogP contribution in [0.15, 0.2) is 48.5 Å². The van der Waals surface area contributed by atoms with E-state index in [1.165, 1.54) is 0 Å². The predicted molar refractivity (Wildman–Crippen MR) is 108 cm³/mol. The third-order valence-corrected chi connectivity index (χ3v) is 5.13. The highest BCUT2D eigenvalue weighted by Gasteiger charge is 2.35. The summed E-state index contributed by atoms with van der Waals surface area (Å²) in [7, 11) is 0. The van der Waals surface area contributed by atoms with Gasteiger partial charge in [0.25, 0.3) is 0 Å². The lowest BCUT2D eigenvalue weighted by atomic mass is 10.1. The minimum atomic E-state index is -0.453. The van der Waals surface area contributed by atoms with Crippen LogP contribution in [0, 0.1) is 5.92 Å². The van der Waals surface area contributed by atoms with Gasteiger partial charge in [-0.3, -0.25) is 14.5 Å². The summed E-state index contributed by atoms with van der Waals surface area (Å²) < 4.78 is 0. The van der Waals surface area contributed by atoms with Gasteiger partial charge < -0.3 is 15.5 Å². The van der Waals surface area contributed by atoms with Crippen molar-refractivity contribution in [2.75, 3.05) is 34.8 Å². The van der Waals surface area contributed by atoms with E-state index in [4.69, 9.17) is 11.6 Å². The van der Waals surface area contributed by atoms with Crippen LogP contribution in [0.3, 0.4) is 0 Å². The highest BCUT2D eigenvalue weighted by molar-refractivity contribution is 6.31. The number of carbonyl (C=O) groups excluding carboxylic acids is 3. The maximum atomic E-state index is 12.7. The van der Waals surface area contributed by atoms with Crippen molar-refractivity contribution < 1.29 is 14.4 Å². The van der Waals surface area contributed by atoms with Crippen LogP contribution in [-0.2, 0) is 9.59 Å². The van der Waals surface area contributed by atoms with Crippen LogP contribution in [0.2, 0.25) is 5.02 Å². The summed E-state index contributed by atoms with van der Waals surface area (Å²) in [6, 6.07) is 14.0. The van der Waals surface area contributed by atoms with Gasteiger partial charge in [-0.1, -0.05) is 23.7 Å². The minimum Gasteiger partial charge on any atom is -0.336 e. The van der Waals surface area contributed by atoms with Gasteiger partial charge in [0.1, 0.15) is 0 Å². The maximum Gasteiger partial charge on any atom is 0.321 e. The van der Waals surface area contributed by atoms with Gasteiger partial charge in [-0.2, -0.15) is 0 Å². The Balaban J connectivity index is 1.44. The Morgan fingerprint density at radius 3 is 2.54 bits per heavy atom. The standard InChI is InChI=1S/C20H19ClN4O3/c21-14-3-1-5-16(10-14)25-12-13(9-18(25)26)19(27)23-15-4-2-6-17(11-15)24-8-7-22-20(24)28/h1-6,10-11,13H,7-9,12H2,(H,22,28)(H,23,27). The molecule has 4 amide bonds. The van der Waals surface area contributed by atoms with Crippen molar-refractivity contribution in [3.8, 4) is 0 Å². The Hall–Kier alpha value is -3.06. The number of nitrogens with one attached hydrogen (secondary N) is 2. The van der Waals surface area contributed by atoms with Crippen LogP contribution >= 0.6 is 11.6 Å². The van der Waals surface area contributed by atoms with Crippen LogP contribution in [0.5, 0.6) is 0 Å². The summed E-state index contributed by atoms with van der Waals surface area (Å²) in [5, 5.41) is 6.16. The normalized spacial score (nSPS) is 19.1. The number of hydrogen-bond acceptors (Lipinski definition) is 3. The summed E-state index contributed by atoms with van der Waals surface area (Å²) >= 11 is 6.01. The molecular weight excluding hydrogens is 380 g/mol. The number of halogens is 1. The first kappa shape index (κ1) is 18.3. The highest BCUT2D eigenvalue weighted by atomic mass is 35.5. The monoisotopic (exact) mass is 398 g/mol. The van der Waals surface area contributed by atoms with Crippen molar-refractivity contribution in [3.05, 3.63) is 53.6 Å². The average molecular weight is 399 g/mol. The van der Waals surface area contributed by atoms with Gasteiger partial charge in [0.2, 0.25) is 11.8 Å². The second-order valence-electron chi connectivity index (χ2n) is 6.81. The molecule has 2 N–H and O–H groups in total. The summed E-state index contributed by atoms with van der Waals surface area (Å²) in [6.07, 6.45) is 0.145. The molecule has 4 rings (SSSR count). The molecule has 2 fully saturated rings. The molecule has 0 aliphatic carbocycles. The lowest BCUT2D eigenvalue weighted by molar-refractivity contribution is -0.122. The topological polar surface area (TPSA) is 81.8 Å². The fourth-order valence-electron chi connectivity index (χ4n) is 3.49. The zero-order valence-corrected chi connectivity index (χ0v) is 15.8. The smallest absolute Gasteiger partial charge is 0.321 e. The molecule has 2 aromatic rings. The van der Waals surface area contributed by atoms with E-state index in [-0.39, 0.29) is 24.3 Å². The second kappa shape index (κ2) is 7.52. The molecule has 0 saturated carbocycles. The summed E-state index contributed by atoms with van der Waals surface area (Å²) in [5.41, 5.74) is 2.00. The Kier molecular flexibility index (Phi) is 4.92. The first-order valence-corrected chi connectivity index (χ1v) is 9.41. The Labute approximate surface area is 167 Å². The highest BCUT2D eigenvalue weighted by Crippen LogP contribution is 2.28. The van der Waals surface area contributed by atoms with E-state index < -0.39 is 5.92 Å². The number of amides is 4. The number of urea groups is 1. The number of rotatable bonds is 4. The maximum absolute atomic E-state index is 12.7. The zero-order chi connectivity index (χ0) is 19.7. The number of hydrogen-bond donors (Lipinski definition) is 2. The molecule has 0 bridgehead atoms. The number of carbonyl (C=O) groups is 3. The zero-order valence-electron chi connectivity index (χ0n) is 15.0. The average Bonchev–Trinajstić information content (AvgIpc) is 3.27. The van der Waals surface area contributed by atoms with Crippen molar-refractivity contribution in [1.82, 2.24) is 5.32 Å². The molecule has 0 radical (unpaired) electrons. The van der Waals surface area contributed by atoms with E-state index in [2.05, 4.69) is 10.6 Å². The Bertz CT molecular complexity index is 949. The van der Waals surface area contributed by atoms with Gasteiger partial charge in [0, 0.05) is 48.1 Å². The van der Waals surface area contributed by atoms with Crippen LogP contribution in [0.1, 0.15) is 6.42 Å². The molecule has 2 aliphatic heterocycles.